The minimum Gasteiger partial charge on any atom is -0.388 e. The Bertz CT molecular complexity index is 513. The topological polar surface area (TPSA) is 68.8 Å². The zero-order valence-corrected chi connectivity index (χ0v) is 9.69. The highest BCUT2D eigenvalue weighted by molar-refractivity contribution is 5.16. The average molecular weight is 233 g/mol. The molecule has 90 valence electrons. The van der Waals surface area contributed by atoms with E-state index in [-0.39, 0.29) is 6.10 Å². The summed E-state index contributed by atoms with van der Waals surface area (Å²) in [6, 6.07) is 1.96. The average Bonchev–Trinajstić information content (AvgIpc) is 2.93. The Hall–Kier alpha value is -1.69. The molecule has 0 amide bonds. The number of aliphatic hydroxyl groups excluding tert-OH is 1. The molecule has 1 saturated carbocycles. The van der Waals surface area contributed by atoms with Crippen molar-refractivity contribution in [2.24, 2.45) is 13.0 Å². The standard InChI is InChI=1S/C11H15N5O/c1-15-13-10(12-14-15)7-16-5-4-9(6-16)11(17)8-2-3-8/h4-6,8,11,17H,2-3,7H2,1H3. The van der Waals surface area contributed by atoms with Crippen LogP contribution in [0.25, 0.3) is 0 Å². The van der Waals surface area contributed by atoms with Crippen molar-refractivity contribution >= 4 is 0 Å². The van der Waals surface area contributed by atoms with Gasteiger partial charge in [0.1, 0.15) is 0 Å². The third-order valence-corrected chi connectivity index (χ3v) is 3.06. The van der Waals surface area contributed by atoms with Crippen LogP contribution in [-0.2, 0) is 13.6 Å². The van der Waals surface area contributed by atoms with Gasteiger partial charge >= 0.3 is 0 Å². The number of aryl methyl sites for hydroxylation is 1. The monoisotopic (exact) mass is 233 g/mol. The van der Waals surface area contributed by atoms with Gasteiger partial charge < -0.3 is 9.67 Å². The maximum atomic E-state index is 9.98. The van der Waals surface area contributed by atoms with E-state index in [1.165, 1.54) is 4.80 Å². The highest BCUT2D eigenvalue weighted by Gasteiger charge is 2.31. The van der Waals surface area contributed by atoms with Crippen molar-refractivity contribution in [3.63, 3.8) is 0 Å². The van der Waals surface area contributed by atoms with Crippen LogP contribution in [-0.4, -0.2) is 29.9 Å². The third kappa shape index (κ3) is 2.21. The number of aromatic nitrogens is 5. The summed E-state index contributed by atoms with van der Waals surface area (Å²) in [5, 5.41) is 21.8. The van der Waals surface area contributed by atoms with Crippen LogP contribution in [0, 0.1) is 5.92 Å². The molecule has 2 aromatic rings. The second kappa shape index (κ2) is 3.96. The fraction of sp³-hybridized carbons (Fsp3) is 0.545. The molecule has 1 N–H and O–H groups in total. The summed E-state index contributed by atoms with van der Waals surface area (Å²) in [5.74, 6) is 1.14. The van der Waals surface area contributed by atoms with Gasteiger partial charge in [0.15, 0.2) is 5.82 Å². The van der Waals surface area contributed by atoms with Crippen molar-refractivity contribution in [2.75, 3.05) is 0 Å². The van der Waals surface area contributed by atoms with Gasteiger partial charge in [-0.1, -0.05) is 0 Å². The van der Waals surface area contributed by atoms with E-state index in [0.717, 1.165) is 18.4 Å². The summed E-state index contributed by atoms with van der Waals surface area (Å²) in [5.41, 5.74) is 0.983. The van der Waals surface area contributed by atoms with Gasteiger partial charge in [0.25, 0.3) is 0 Å². The Morgan fingerprint density at radius 1 is 1.53 bits per heavy atom. The molecule has 6 heteroatoms. The first kappa shape index (κ1) is 10.5. The summed E-state index contributed by atoms with van der Waals surface area (Å²) in [6.07, 6.45) is 5.86. The normalized spacial score (nSPS) is 17.3. The van der Waals surface area contributed by atoms with Crippen molar-refractivity contribution in [3.05, 3.63) is 29.8 Å². The first-order chi connectivity index (χ1) is 8.22. The molecule has 1 unspecified atom stereocenters. The van der Waals surface area contributed by atoms with Gasteiger partial charge in [0, 0.05) is 12.4 Å². The first-order valence-corrected chi connectivity index (χ1v) is 5.79. The lowest BCUT2D eigenvalue weighted by Crippen LogP contribution is -2.01. The van der Waals surface area contributed by atoms with Gasteiger partial charge in [0.05, 0.1) is 19.7 Å². The smallest absolute Gasteiger partial charge is 0.194 e. The molecule has 0 radical (unpaired) electrons. The van der Waals surface area contributed by atoms with E-state index < -0.39 is 0 Å². The first-order valence-electron chi connectivity index (χ1n) is 5.79. The largest absolute Gasteiger partial charge is 0.388 e. The molecular formula is C11H15N5O. The number of rotatable bonds is 4. The van der Waals surface area contributed by atoms with Crippen LogP contribution in [0.15, 0.2) is 18.5 Å². The van der Waals surface area contributed by atoms with Crippen LogP contribution in [0.3, 0.4) is 0 Å². The van der Waals surface area contributed by atoms with Gasteiger partial charge in [0.2, 0.25) is 0 Å². The molecule has 0 saturated heterocycles. The molecular weight excluding hydrogens is 218 g/mol. The lowest BCUT2D eigenvalue weighted by atomic mass is 10.1. The molecule has 2 heterocycles. The predicted molar refractivity (Wildman–Crippen MR) is 60.0 cm³/mol. The number of hydrogen-bond acceptors (Lipinski definition) is 4. The van der Waals surface area contributed by atoms with Crippen molar-refractivity contribution in [1.82, 2.24) is 24.8 Å². The second-order valence-electron chi connectivity index (χ2n) is 4.59. The Morgan fingerprint density at radius 2 is 2.35 bits per heavy atom. The number of tetrazole rings is 1. The minimum absolute atomic E-state index is 0.314. The van der Waals surface area contributed by atoms with E-state index in [0.29, 0.717) is 18.3 Å². The van der Waals surface area contributed by atoms with Gasteiger partial charge in [-0.2, -0.15) is 4.80 Å². The summed E-state index contributed by atoms with van der Waals surface area (Å²) in [7, 11) is 1.74. The Morgan fingerprint density at radius 3 is 3.00 bits per heavy atom. The molecule has 1 fully saturated rings. The van der Waals surface area contributed by atoms with E-state index >= 15 is 0 Å². The van der Waals surface area contributed by atoms with Crippen LogP contribution >= 0.6 is 0 Å². The number of aliphatic hydroxyl groups is 1. The molecule has 3 rings (SSSR count). The van der Waals surface area contributed by atoms with Crippen molar-refractivity contribution < 1.29 is 5.11 Å². The molecule has 1 atom stereocenters. The SMILES string of the molecule is Cn1nnc(Cn2ccc(C(O)C3CC3)c2)n1. The molecule has 0 spiro atoms. The Labute approximate surface area is 98.9 Å². The maximum absolute atomic E-state index is 9.98. The molecule has 6 nitrogen and oxygen atoms in total. The zero-order chi connectivity index (χ0) is 11.8. The van der Waals surface area contributed by atoms with Crippen LogP contribution < -0.4 is 0 Å². The van der Waals surface area contributed by atoms with Crippen molar-refractivity contribution in [1.29, 1.82) is 0 Å². The lowest BCUT2D eigenvalue weighted by Gasteiger charge is -2.05. The molecule has 2 aromatic heterocycles. The Balaban J connectivity index is 1.71. The fourth-order valence-corrected chi connectivity index (χ4v) is 1.97. The summed E-state index contributed by atoms with van der Waals surface area (Å²) >= 11 is 0. The molecule has 0 aromatic carbocycles. The van der Waals surface area contributed by atoms with Crippen LogP contribution in [0.4, 0.5) is 0 Å². The van der Waals surface area contributed by atoms with Crippen molar-refractivity contribution in [2.45, 2.75) is 25.5 Å². The maximum Gasteiger partial charge on any atom is 0.194 e. The van der Waals surface area contributed by atoms with Crippen LogP contribution in [0.5, 0.6) is 0 Å². The van der Waals surface area contributed by atoms with Gasteiger partial charge in [-0.3, -0.25) is 0 Å². The van der Waals surface area contributed by atoms with Gasteiger partial charge in [-0.05, 0) is 35.6 Å². The van der Waals surface area contributed by atoms with Gasteiger partial charge in [-0.15, -0.1) is 10.2 Å². The lowest BCUT2D eigenvalue weighted by molar-refractivity contribution is 0.154. The van der Waals surface area contributed by atoms with E-state index in [1.807, 2.05) is 23.0 Å². The summed E-state index contributed by atoms with van der Waals surface area (Å²) < 4.78 is 1.97. The number of nitrogens with zero attached hydrogens (tertiary/aromatic N) is 5. The van der Waals surface area contributed by atoms with E-state index in [2.05, 4.69) is 15.4 Å². The molecule has 0 aliphatic heterocycles. The summed E-state index contributed by atoms with van der Waals surface area (Å²) in [6.45, 7) is 0.589. The molecule has 0 bridgehead atoms. The highest BCUT2D eigenvalue weighted by Crippen LogP contribution is 2.40. The number of hydrogen-bond donors (Lipinski definition) is 1. The summed E-state index contributed by atoms with van der Waals surface area (Å²) in [4.78, 5) is 1.44. The second-order valence-corrected chi connectivity index (χ2v) is 4.59. The quantitative estimate of drug-likeness (QED) is 0.835. The molecule has 1 aliphatic carbocycles. The van der Waals surface area contributed by atoms with Crippen LogP contribution in [0.2, 0.25) is 0 Å². The van der Waals surface area contributed by atoms with E-state index in [1.54, 1.807) is 7.05 Å². The van der Waals surface area contributed by atoms with E-state index in [4.69, 9.17) is 0 Å². The fourth-order valence-electron chi connectivity index (χ4n) is 1.97. The third-order valence-electron chi connectivity index (χ3n) is 3.06. The van der Waals surface area contributed by atoms with Gasteiger partial charge in [-0.25, -0.2) is 0 Å². The predicted octanol–water partition coefficient (Wildman–Crippen LogP) is 0.503. The van der Waals surface area contributed by atoms with Crippen LogP contribution in [0.1, 0.15) is 30.3 Å². The Kier molecular flexibility index (Phi) is 2.44. The molecule has 1 aliphatic rings. The zero-order valence-electron chi connectivity index (χ0n) is 9.69. The molecule has 17 heavy (non-hydrogen) atoms. The highest BCUT2D eigenvalue weighted by atomic mass is 16.3. The van der Waals surface area contributed by atoms with E-state index in [9.17, 15) is 5.11 Å². The minimum atomic E-state index is -0.314. The van der Waals surface area contributed by atoms with Crippen molar-refractivity contribution in [3.8, 4) is 0 Å².